The summed E-state index contributed by atoms with van der Waals surface area (Å²) >= 11 is 3.88. The van der Waals surface area contributed by atoms with Crippen LogP contribution in [0.5, 0.6) is 11.5 Å². The number of halogens is 1. The highest BCUT2D eigenvalue weighted by Crippen LogP contribution is 2.41. The first kappa shape index (κ1) is 25.5. The van der Waals surface area contributed by atoms with E-state index in [1.165, 1.54) is 4.88 Å². The maximum absolute atomic E-state index is 13.4. The highest BCUT2D eigenvalue weighted by atomic mass is 127. The van der Waals surface area contributed by atoms with Crippen LogP contribution in [0.3, 0.4) is 0 Å². The lowest BCUT2D eigenvalue weighted by Gasteiger charge is -2.14. The van der Waals surface area contributed by atoms with Gasteiger partial charge >= 0.3 is 0 Å². The van der Waals surface area contributed by atoms with E-state index >= 15 is 0 Å². The number of aliphatic imine (C=N–C) groups is 1. The van der Waals surface area contributed by atoms with Crippen LogP contribution in [0.15, 0.2) is 77.8 Å². The Hall–Kier alpha value is -3.17. The lowest BCUT2D eigenvalue weighted by atomic mass is 9.95. The van der Waals surface area contributed by atoms with Crippen LogP contribution < -0.4 is 14.8 Å². The summed E-state index contributed by atoms with van der Waals surface area (Å²) in [6, 6.07) is 23.6. The van der Waals surface area contributed by atoms with Gasteiger partial charge in [0, 0.05) is 25.9 Å². The largest absolute Gasteiger partial charge is 0.493 e. The summed E-state index contributed by atoms with van der Waals surface area (Å²) in [4.78, 5) is 19.6. The number of hydrogen-bond acceptors (Lipinski definition) is 5. The maximum Gasteiger partial charge on any atom is 0.259 e. The van der Waals surface area contributed by atoms with E-state index < -0.39 is 0 Å². The first-order valence-corrected chi connectivity index (χ1v) is 14.1. The van der Waals surface area contributed by atoms with Crippen molar-refractivity contribution >= 4 is 56.7 Å². The molecule has 0 atom stereocenters. The summed E-state index contributed by atoms with van der Waals surface area (Å²) in [5.74, 6) is 1.17. The number of rotatable bonds is 8. The molecule has 188 valence electrons. The number of fused-ring (bicyclic) bond motifs is 1. The normalized spacial score (nSPS) is 12.8. The SMILES string of the molecule is COc1cc(I)cc(C=Nc2sc3c(c2C(=O)Nc2ccccc2)CCCC3)c1OCc1ccccc1. The molecule has 0 spiro atoms. The topological polar surface area (TPSA) is 59.9 Å². The molecule has 7 heteroatoms. The molecule has 1 heterocycles. The van der Waals surface area contributed by atoms with Gasteiger partial charge in [0.2, 0.25) is 0 Å². The monoisotopic (exact) mass is 622 g/mol. The Bertz CT molecular complexity index is 1420. The van der Waals surface area contributed by atoms with Crippen LogP contribution in [0, 0.1) is 3.57 Å². The van der Waals surface area contributed by atoms with E-state index in [1.54, 1.807) is 24.7 Å². The number of thiophene rings is 1. The van der Waals surface area contributed by atoms with Gasteiger partial charge in [0.25, 0.3) is 5.91 Å². The van der Waals surface area contributed by atoms with Gasteiger partial charge in [-0.3, -0.25) is 4.79 Å². The number of hydrogen-bond donors (Lipinski definition) is 1. The number of methoxy groups -OCH3 is 1. The molecule has 0 unspecified atom stereocenters. The molecule has 5 nitrogen and oxygen atoms in total. The molecule has 37 heavy (non-hydrogen) atoms. The molecule has 4 aromatic rings. The fraction of sp³-hybridized carbons (Fsp3) is 0.200. The summed E-state index contributed by atoms with van der Waals surface area (Å²) in [5.41, 5.74) is 4.47. The number of benzene rings is 3. The van der Waals surface area contributed by atoms with Crippen LogP contribution in [-0.4, -0.2) is 19.2 Å². The summed E-state index contributed by atoms with van der Waals surface area (Å²) in [5, 5.41) is 3.79. The molecule has 0 fully saturated rings. The van der Waals surface area contributed by atoms with Crippen molar-refractivity contribution in [3.8, 4) is 11.5 Å². The van der Waals surface area contributed by atoms with Gasteiger partial charge in [0.05, 0.1) is 12.7 Å². The van der Waals surface area contributed by atoms with Crippen molar-refractivity contribution in [3.63, 3.8) is 0 Å². The Kier molecular flexibility index (Phi) is 8.21. The van der Waals surface area contributed by atoms with Crippen molar-refractivity contribution < 1.29 is 14.3 Å². The number of anilines is 1. The highest BCUT2D eigenvalue weighted by molar-refractivity contribution is 14.1. The zero-order valence-electron chi connectivity index (χ0n) is 20.5. The van der Waals surface area contributed by atoms with E-state index in [-0.39, 0.29) is 5.91 Å². The molecule has 1 aliphatic carbocycles. The van der Waals surface area contributed by atoms with E-state index in [2.05, 4.69) is 27.9 Å². The summed E-state index contributed by atoms with van der Waals surface area (Å²) in [6.07, 6.45) is 5.92. The molecule has 0 bridgehead atoms. The summed E-state index contributed by atoms with van der Waals surface area (Å²) in [7, 11) is 1.64. The molecule has 0 saturated heterocycles. The minimum absolute atomic E-state index is 0.112. The quantitative estimate of drug-likeness (QED) is 0.161. The number of carbonyl (C=O) groups is 1. The van der Waals surface area contributed by atoms with Gasteiger partial charge in [-0.1, -0.05) is 48.5 Å². The Morgan fingerprint density at radius 1 is 1.05 bits per heavy atom. The van der Waals surface area contributed by atoms with Crippen molar-refractivity contribution in [3.05, 3.63) is 103 Å². The van der Waals surface area contributed by atoms with Crippen LogP contribution in [0.4, 0.5) is 10.7 Å². The third-order valence-electron chi connectivity index (χ3n) is 6.23. The second-order valence-corrected chi connectivity index (χ2v) is 11.1. The average Bonchev–Trinajstić information content (AvgIpc) is 3.30. The fourth-order valence-electron chi connectivity index (χ4n) is 4.44. The lowest BCUT2D eigenvalue weighted by molar-refractivity contribution is 0.102. The number of amides is 1. The fourth-order valence-corrected chi connectivity index (χ4v) is 6.29. The summed E-state index contributed by atoms with van der Waals surface area (Å²) < 4.78 is 12.9. The Labute approximate surface area is 234 Å². The molecule has 1 aliphatic rings. The summed E-state index contributed by atoms with van der Waals surface area (Å²) in [6.45, 7) is 0.413. The van der Waals surface area contributed by atoms with Gasteiger partial charge in [0.1, 0.15) is 11.6 Å². The minimum Gasteiger partial charge on any atom is -0.493 e. The smallest absolute Gasteiger partial charge is 0.259 e. The van der Waals surface area contributed by atoms with Gasteiger partial charge in [-0.2, -0.15) is 0 Å². The van der Waals surface area contributed by atoms with E-state index in [0.717, 1.165) is 56.6 Å². The zero-order valence-corrected chi connectivity index (χ0v) is 23.5. The third-order valence-corrected chi connectivity index (χ3v) is 8.05. The van der Waals surface area contributed by atoms with Gasteiger partial charge in [-0.05, 0) is 83.7 Å². The van der Waals surface area contributed by atoms with Crippen LogP contribution in [-0.2, 0) is 19.4 Å². The number of aryl methyl sites for hydroxylation is 1. The molecular weight excluding hydrogens is 595 g/mol. The maximum atomic E-state index is 13.4. The predicted molar refractivity (Wildman–Crippen MR) is 159 cm³/mol. The second kappa shape index (κ2) is 11.9. The number of nitrogens with one attached hydrogen (secondary N) is 1. The first-order chi connectivity index (χ1) is 18.1. The zero-order chi connectivity index (χ0) is 25.6. The molecule has 0 aliphatic heterocycles. The van der Waals surface area contributed by atoms with Gasteiger partial charge in [0.15, 0.2) is 11.5 Å². The molecule has 1 aromatic heterocycles. The molecule has 5 rings (SSSR count). The molecular formula is C30H27IN2O3S. The Morgan fingerprint density at radius 3 is 2.54 bits per heavy atom. The van der Waals surface area contributed by atoms with Crippen molar-refractivity contribution in [2.45, 2.75) is 32.3 Å². The average molecular weight is 623 g/mol. The van der Waals surface area contributed by atoms with Crippen LogP contribution >= 0.6 is 33.9 Å². The van der Waals surface area contributed by atoms with Crippen molar-refractivity contribution in [2.75, 3.05) is 12.4 Å². The van der Waals surface area contributed by atoms with Crippen molar-refractivity contribution in [1.82, 2.24) is 0 Å². The Balaban J connectivity index is 1.49. The minimum atomic E-state index is -0.112. The molecule has 0 saturated carbocycles. The number of nitrogens with zero attached hydrogens (tertiary/aromatic N) is 1. The van der Waals surface area contributed by atoms with Crippen LogP contribution in [0.2, 0.25) is 0 Å². The molecule has 0 radical (unpaired) electrons. The van der Waals surface area contributed by atoms with E-state index in [9.17, 15) is 4.79 Å². The highest BCUT2D eigenvalue weighted by Gasteiger charge is 2.25. The van der Waals surface area contributed by atoms with Crippen molar-refractivity contribution in [2.24, 2.45) is 4.99 Å². The molecule has 1 N–H and O–H groups in total. The van der Waals surface area contributed by atoms with Gasteiger partial charge < -0.3 is 14.8 Å². The molecule has 1 amide bonds. The third kappa shape index (κ3) is 6.05. The second-order valence-electron chi connectivity index (χ2n) is 8.77. The molecule has 3 aromatic carbocycles. The van der Waals surface area contributed by atoms with E-state index in [0.29, 0.717) is 23.7 Å². The number of ether oxygens (including phenoxy) is 2. The predicted octanol–water partition coefficient (Wildman–Crippen LogP) is 7.82. The van der Waals surface area contributed by atoms with Gasteiger partial charge in [-0.15, -0.1) is 11.3 Å². The number of carbonyl (C=O) groups excluding carboxylic acids is 1. The van der Waals surface area contributed by atoms with Crippen LogP contribution in [0.25, 0.3) is 0 Å². The number of para-hydroxylation sites is 1. The standard InChI is InChI=1S/C30H27IN2O3S/c1-35-25-17-22(31)16-21(28(25)36-19-20-10-4-2-5-11-20)18-32-30-27(24-14-8-9-15-26(24)37-30)29(34)33-23-12-6-3-7-13-23/h2-7,10-13,16-18H,8-9,14-15,19H2,1H3,(H,33,34). The van der Waals surface area contributed by atoms with E-state index in [4.69, 9.17) is 14.5 Å². The van der Waals surface area contributed by atoms with Gasteiger partial charge in [-0.25, -0.2) is 4.99 Å². The Morgan fingerprint density at radius 2 is 1.78 bits per heavy atom. The lowest BCUT2D eigenvalue weighted by Crippen LogP contribution is -2.14. The van der Waals surface area contributed by atoms with Crippen LogP contribution in [0.1, 0.15) is 44.8 Å². The first-order valence-electron chi connectivity index (χ1n) is 12.2. The van der Waals surface area contributed by atoms with Crippen molar-refractivity contribution in [1.29, 1.82) is 0 Å². The van der Waals surface area contributed by atoms with E-state index in [1.807, 2.05) is 72.8 Å².